The maximum Gasteiger partial charge on any atom is 0.239 e. The number of carbonyl (C=O) groups excluding carboxylic acids is 1. The summed E-state index contributed by atoms with van der Waals surface area (Å²) in [5.41, 5.74) is 7.20. The van der Waals surface area contributed by atoms with Gasteiger partial charge in [-0.05, 0) is 41.7 Å². The maximum absolute atomic E-state index is 12.1. The van der Waals surface area contributed by atoms with Gasteiger partial charge >= 0.3 is 0 Å². The van der Waals surface area contributed by atoms with E-state index in [2.05, 4.69) is 34.1 Å². The number of hydrogen-bond donors (Lipinski definition) is 3. The van der Waals surface area contributed by atoms with Gasteiger partial charge in [-0.3, -0.25) is 4.79 Å². The average Bonchev–Trinajstić information content (AvgIpc) is 3.00. The Bertz CT molecular complexity index is 704. The van der Waals surface area contributed by atoms with Crippen molar-refractivity contribution < 1.29 is 4.79 Å². The third kappa shape index (κ3) is 3.71. The molecule has 1 aliphatic rings. The van der Waals surface area contributed by atoms with Crippen LogP contribution in [0.4, 0.5) is 5.69 Å². The summed E-state index contributed by atoms with van der Waals surface area (Å²) < 4.78 is 0. The first-order valence-electron chi connectivity index (χ1n) is 8.01. The van der Waals surface area contributed by atoms with E-state index in [-0.39, 0.29) is 12.5 Å². The fraction of sp³-hybridized carbons (Fsp3) is 0.316. The van der Waals surface area contributed by atoms with Crippen LogP contribution >= 0.6 is 0 Å². The second-order valence-corrected chi connectivity index (χ2v) is 6.10. The molecule has 120 valence electrons. The number of rotatable bonds is 5. The van der Waals surface area contributed by atoms with Gasteiger partial charge in [-0.2, -0.15) is 0 Å². The van der Waals surface area contributed by atoms with Crippen LogP contribution in [-0.2, 0) is 24.4 Å². The van der Waals surface area contributed by atoms with Gasteiger partial charge in [-0.1, -0.05) is 36.4 Å². The average molecular weight is 309 g/mol. The van der Waals surface area contributed by atoms with E-state index in [4.69, 9.17) is 0 Å². The molecule has 0 spiro atoms. The molecule has 0 saturated carbocycles. The lowest BCUT2D eigenvalue weighted by Crippen LogP contribution is -2.29. The molecule has 0 atom stereocenters. The molecule has 0 unspecified atom stereocenters. The minimum absolute atomic E-state index is 0.00581. The van der Waals surface area contributed by atoms with E-state index >= 15 is 0 Å². The largest absolute Gasteiger partial charge is 0.376 e. The number of nitrogens with one attached hydrogen (secondary N) is 3. The number of fused-ring (bicyclic) bond motifs is 1. The van der Waals surface area contributed by atoms with Crippen molar-refractivity contribution in [1.82, 2.24) is 10.6 Å². The van der Waals surface area contributed by atoms with Crippen LogP contribution in [0.2, 0.25) is 0 Å². The fourth-order valence-electron chi connectivity index (χ4n) is 2.98. The van der Waals surface area contributed by atoms with Crippen LogP contribution in [0.25, 0.3) is 0 Å². The lowest BCUT2D eigenvalue weighted by molar-refractivity contribution is -0.119. The van der Waals surface area contributed by atoms with Gasteiger partial charge < -0.3 is 16.0 Å². The molecule has 0 aromatic heterocycles. The highest BCUT2D eigenvalue weighted by Crippen LogP contribution is 2.19. The second kappa shape index (κ2) is 6.84. The number of amides is 1. The molecule has 0 bridgehead atoms. The van der Waals surface area contributed by atoms with Crippen molar-refractivity contribution in [3.8, 4) is 0 Å². The predicted octanol–water partition coefficient (Wildman–Crippen LogP) is 2.63. The lowest BCUT2D eigenvalue weighted by atomic mass is 10.1. The molecule has 1 aliphatic heterocycles. The third-order valence-corrected chi connectivity index (χ3v) is 4.30. The highest BCUT2D eigenvalue weighted by atomic mass is 16.1. The summed E-state index contributed by atoms with van der Waals surface area (Å²) in [7, 11) is 0. The molecule has 2 aromatic rings. The Balaban J connectivity index is 1.52. The minimum Gasteiger partial charge on any atom is -0.376 e. The normalized spacial score (nSPS) is 12.8. The Morgan fingerprint density at radius 1 is 1.09 bits per heavy atom. The number of aryl methyl sites for hydroxylation is 2. The van der Waals surface area contributed by atoms with E-state index in [0.717, 1.165) is 35.5 Å². The molecule has 0 fully saturated rings. The standard InChI is InChI=1S/C19H23N3O/c1-13-4-3-5-14(2)19(13)22-12-18(23)21-9-15-6-7-16-10-20-11-17(16)8-15/h3-8,20,22H,9-12H2,1-2H3,(H,21,23). The Labute approximate surface area is 137 Å². The molecule has 23 heavy (non-hydrogen) atoms. The van der Waals surface area contributed by atoms with Crippen molar-refractivity contribution in [1.29, 1.82) is 0 Å². The predicted molar refractivity (Wildman–Crippen MR) is 93.2 cm³/mol. The summed E-state index contributed by atoms with van der Waals surface area (Å²) >= 11 is 0. The molecular formula is C19H23N3O. The molecule has 0 radical (unpaired) electrons. The number of anilines is 1. The first-order chi connectivity index (χ1) is 11.1. The van der Waals surface area contributed by atoms with E-state index in [1.54, 1.807) is 0 Å². The van der Waals surface area contributed by atoms with Crippen LogP contribution in [0, 0.1) is 13.8 Å². The number of para-hydroxylation sites is 1. The molecule has 4 heteroatoms. The van der Waals surface area contributed by atoms with Gasteiger partial charge in [0.25, 0.3) is 0 Å². The number of hydrogen-bond acceptors (Lipinski definition) is 3. The Morgan fingerprint density at radius 3 is 2.61 bits per heavy atom. The van der Waals surface area contributed by atoms with Gasteiger partial charge in [-0.25, -0.2) is 0 Å². The molecule has 3 rings (SSSR count). The van der Waals surface area contributed by atoms with Crippen LogP contribution in [-0.4, -0.2) is 12.5 Å². The zero-order chi connectivity index (χ0) is 16.2. The van der Waals surface area contributed by atoms with Gasteiger partial charge in [0.1, 0.15) is 0 Å². The van der Waals surface area contributed by atoms with E-state index in [9.17, 15) is 4.79 Å². The van der Waals surface area contributed by atoms with Crippen LogP contribution in [0.3, 0.4) is 0 Å². The van der Waals surface area contributed by atoms with Crippen molar-refractivity contribution in [2.75, 3.05) is 11.9 Å². The summed E-state index contributed by atoms with van der Waals surface area (Å²) in [4.78, 5) is 12.1. The smallest absolute Gasteiger partial charge is 0.239 e. The lowest BCUT2D eigenvalue weighted by Gasteiger charge is -2.13. The summed E-state index contributed by atoms with van der Waals surface area (Å²) in [5, 5.41) is 9.55. The molecule has 0 aliphatic carbocycles. The first kappa shape index (κ1) is 15.6. The van der Waals surface area contributed by atoms with E-state index in [1.165, 1.54) is 11.1 Å². The summed E-state index contributed by atoms with van der Waals surface area (Å²) in [5.74, 6) is 0.00581. The highest BCUT2D eigenvalue weighted by Gasteiger charge is 2.10. The van der Waals surface area contributed by atoms with Crippen molar-refractivity contribution in [3.05, 3.63) is 64.2 Å². The zero-order valence-electron chi connectivity index (χ0n) is 13.7. The van der Waals surface area contributed by atoms with Crippen molar-refractivity contribution >= 4 is 11.6 Å². The zero-order valence-corrected chi connectivity index (χ0v) is 13.7. The van der Waals surface area contributed by atoms with Crippen molar-refractivity contribution in [3.63, 3.8) is 0 Å². The number of carbonyl (C=O) groups is 1. The van der Waals surface area contributed by atoms with Gasteiger partial charge in [0, 0.05) is 25.3 Å². The molecule has 4 nitrogen and oxygen atoms in total. The summed E-state index contributed by atoms with van der Waals surface area (Å²) in [6.45, 7) is 6.82. The number of benzene rings is 2. The van der Waals surface area contributed by atoms with Gasteiger partial charge in [0.05, 0.1) is 6.54 Å². The second-order valence-electron chi connectivity index (χ2n) is 6.10. The molecule has 2 aromatic carbocycles. The van der Waals surface area contributed by atoms with Crippen molar-refractivity contribution in [2.24, 2.45) is 0 Å². The first-order valence-corrected chi connectivity index (χ1v) is 8.01. The quantitative estimate of drug-likeness (QED) is 0.796. The highest BCUT2D eigenvalue weighted by molar-refractivity contribution is 5.81. The van der Waals surface area contributed by atoms with Crippen molar-refractivity contribution in [2.45, 2.75) is 33.5 Å². The van der Waals surface area contributed by atoms with E-state index < -0.39 is 0 Å². The fourth-order valence-corrected chi connectivity index (χ4v) is 2.98. The van der Waals surface area contributed by atoms with E-state index in [0.29, 0.717) is 6.54 Å². The molecule has 0 saturated heterocycles. The Kier molecular flexibility index (Phi) is 4.63. The Hall–Kier alpha value is -2.33. The minimum atomic E-state index is 0.00581. The van der Waals surface area contributed by atoms with Crippen LogP contribution in [0.1, 0.15) is 27.8 Å². The Morgan fingerprint density at radius 2 is 1.83 bits per heavy atom. The maximum atomic E-state index is 12.1. The molecule has 1 amide bonds. The molecule has 1 heterocycles. The van der Waals surface area contributed by atoms with Gasteiger partial charge in [-0.15, -0.1) is 0 Å². The summed E-state index contributed by atoms with van der Waals surface area (Å²) in [6, 6.07) is 12.5. The summed E-state index contributed by atoms with van der Waals surface area (Å²) in [6.07, 6.45) is 0. The third-order valence-electron chi connectivity index (χ3n) is 4.30. The van der Waals surface area contributed by atoms with Gasteiger partial charge in [0.2, 0.25) is 5.91 Å². The SMILES string of the molecule is Cc1cccc(C)c1NCC(=O)NCc1ccc2c(c1)CNC2. The van der Waals surface area contributed by atoms with Crippen LogP contribution in [0.5, 0.6) is 0 Å². The molecule has 3 N–H and O–H groups in total. The van der Waals surface area contributed by atoms with E-state index in [1.807, 2.05) is 32.0 Å². The van der Waals surface area contributed by atoms with Crippen LogP contribution in [0.15, 0.2) is 36.4 Å². The topological polar surface area (TPSA) is 53.2 Å². The monoisotopic (exact) mass is 309 g/mol. The van der Waals surface area contributed by atoms with Gasteiger partial charge in [0.15, 0.2) is 0 Å². The van der Waals surface area contributed by atoms with Crippen LogP contribution < -0.4 is 16.0 Å². The molecular weight excluding hydrogens is 286 g/mol.